The summed E-state index contributed by atoms with van der Waals surface area (Å²) in [5.74, 6) is 0. The number of hydrogen-bond acceptors (Lipinski definition) is 2. The lowest BCUT2D eigenvalue weighted by molar-refractivity contribution is -0.0382. The van der Waals surface area contributed by atoms with E-state index >= 15 is 0 Å². The molecule has 0 radical (unpaired) electrons. The minimum absolute atomic E-state index is 0.0983. The largest absolute Gasteiger partial charge is 0.374 e. The molecule has 2 heteroatoms. The maximum absolute atomic E-state index is 5.72. The first kappa shape index (κ1) is 13.7. The predicted octanol–water partition coefficient (Wildman–Crippen LogP) is 2.75. The zero-order valence-electron chi connectivity index (χ0n) is 10.3. The van der Waals surface area contributed by atoms with Crippen LogP contribution >= 0.6 is 0 Å². The highest BCUT2D eigenvalue weighted by molar-refractivity contribution is 4.93. The molecule has 0 aromatic heterocycles. The fourth-order valence-electron chi connectivity index (χ4n) is 1.70. The van der Waals surface area contributed by atoms with Gasteiger partial charge in [-0.15, -0.1) is 6.58 Å². The van der Waals surface area contributed by atoms with Crippen molar-refractivity contribution in [2.24, 2.45) is 0 Å². The monoisotopic (exact) mass is 199 g/mol. The van der Waals surface area contributed by atoms with E-state index in [1.54, 1.807) is 0 Å². The van der Waals surface area contributed by atoms with E-state index in [2.05, 4.69) is 32.7 Å². The SMILES string of the molecule is C=C(C)CCC(NC)C(C)(C)OCC. The second-order valence-corrected chi connectivity index (χ2v) is 4.37. The third-order valence-corrected chi connectivity index (χ3v) is 2.56. The van der Waals surface area contributed by atoms with Crippen LogP contribution in [0, 0.1) is 0 Å². The molecule has 0 bridgehead atoms. The quantitative estimate of drug-likeness (QED) is 0.637. The van der Waals surface area contributed by atoms with E-state index < -0.39 is 0 Å². The lowest BCUT2D eigenvalue weighted by Crippen LogP contribution is -2.47. The van der Waals surface area contributed by atoms with Gasteiger partial charge in [-0.3, -0.25) is 0 Å². The van der Waals surface area contributed by atoms with Gasteiger partial charge in [-0.05, 0) is 47.6 Å². The molecule has 1 N–H and O–H groups in total. The summed E-state index contributed by atoms with van der Waals surface area (Å²) in [5.41, 5.74) is 1.14. The molecule has 0 aromatic rings. The lowest BCUT2D eigenvalue weighted by Gasteiger charge is -2.34. The molecule has 0 fully saturated rings. The Kier molecular flexibility index (Phi) is 6.05. The average molecular weight is 199 g/mol. The molecule has 0 rings (SSSR count). The Balaban J connectivity index is 4.16. The van der Waals surface area contributed by atoms with Gasteiger partial charge in [0.15, 0.2) is 0 Å². The van der Waals surface area contributed by atoms with Crippen molar-refractivity contribution in [3.8, 4) is 0 Å². The molecule has 0 saturated heterocycles. The number of nitrogens with one attached hydrogen (secondary N) is 1. The Labute approximate surface area is 88.7 Å². The topological polar surface area (TPSA) is 21.3 Å². The maximum atomic E-state index is 5.72. The predicted molar refractivity (Wildman–Crippen MR) is 62.6 cm³/mol. The smallest absolute Gasteiger partial charge is 0.0778 e. The zero-order chi connectivity index (χ0) is 11.2. The molecule has 1 unspecified atom stereocenters. The summed E-state index contributed by atoms with van der Waals surface area (Å²) in [7, 11) is 1.99. The van der Waals surface area contributed by atoms with Crippen molar-refractivity contribution in [3.05, 3.63) is 12.2 Å². The molecular weight excluding hydrogens is 174 g/mol. The van der Waals surface area contributed by atoms with Gasteiger partial charge in [-0.1, -0.05) is 5.57 Å². The van der Waals surface area contributed by atoms with Crippen LogP contribution in [0.25, 0.3) is 0 Å². The van der Waals surface area contributed by atoms with Crippen LogP contribution < -0.4 is 5.32 Å². The van der Waals surface area contributed by atoms with Crippen molar-refractivity contribution in [1.82, 2.24) is 5.32 Å². The summed E-state index contributed by atoms with van der Waals surface area (Å²) in [5, 5.41) is 3.32. The van der Waals surface area contributed by atoms with E-state index in [9.17, 15) is 0 Å². The third-order valence-electron chi connectivity index (χ3n) is 2.56. The highest BCUT2D eigenvalue weighted by Gasteiger charge is 2.28. The van der Waals surface area contributed by atoms with Crippen LogP contribution in [-0.2, 0) is 4.74 Å². The molecule has 14 heavy (non-hydrogen) atoms. The van der Waals surface area contributed by atoms with E-state index in [1.807, 2.05) is 14.0 Å². The number of allylic oxidation sites excluding steroid dienone is 1. The Morgan fingerprint density at radius 3 is 2.43 bits per heavy atom. The first-order chi connectivity index (χ1) is 6.44. The average Bonchev–Trinajstić information content (AvgIpc) is 2.03. The molecule has 0 saturated carbocycles. The molecule has 0 aliphatic rings. The van der Waals surface area contributed by atoms with Crippen molar-refractivity contribution in [3.63, 3.8) is 0 Å². The number of rotatable bonds is 7. The van der Waals surface area contributed by atoms with Crippen LogP contribution in [0.2, 0.25) is 0 Å². The van der Waals surface area contributed by atoms with Crippen molar-refractivity contribution in [2.75, 3.05) is 13.7 Å². The maximum Gasteiger partial charge on any atom is 0.0778 e. The highest BCUT2D eigenvalue weighted by Crippen LogP contribution is 2.20. The summed E-state index contributed by atoms with van der Waals surface area (Å²) < 4.78 is 5.72. The van der Waals surface area contributed by atoms with Crippen LogP contribution in [0.3, 0.4) is 0 Å². The Hall–Kier alpha value is -0.340. The number of likely N-dealkylation sites (N-methyl/N-ethyl adjacent to an activating group) is 1. The summed E-state index contributed by atoms with van der Waals surface area (Å²) >= 11 is 0. The molecule has 2 nitrogen and oxygen atoms in total. The van der Waals surface area contributed by atoms with E-state index in [4.69, 9.17) is 4.74 Å². The van der Waals surface area contributed by atoms with Gasteiger partial charge >= 0.3 is 0 Å². The summed E-state index contributed by atoms with van der Waals surface area (Å²) in [6.45, 7) is 13.1. The molecule has 0 aliphatic carbocycles. The number of hydrogen-bond donors (Lipinski definition) is 1. The zero-order valence-corrected chi connectivity index (χ0v) is 10.3. The van der Waals surface area contributed by atoms with Crippen LogP contribution in [-0.4, -0.2) is 25.3 Å². The van der Waals surface area contributed by atoms with Crippen molar-refractivity contribution >= 4 is 0 Å². The molecular formula is C12H25NO. The summed E-state index contributed by atoms with van der Waals surface area (Å²) in [6.07, 6.45) is 2.14. The van der Waals surface area contributed by atoms with Gasteiger partial charge in [0.25, 0.3) is 0 Å². The second kappa shape index (κ2) is 6.20. The van der Waals surface area contributed by atoms with E-state index in [1.165, 1.54) is 5.57 Å². The molecule has 0 aromatic carbocycles. The minimum Gasteiger partial charge on any atom is -0.374 e. The van der Waals surface area contributed by atoms with Gasteiger partial charge < -0.3 is 10.1 Å². The van der Waals surface area contributed by atoms with Gasteiger partial charge in [-0.2, -0.15) is 0 Å². The molecule has 84 valence electrons. The Bertz CT molecular complexity index is 175. The second-order valence-electron chi connectivity index (χ2n) is 4.37. The Morgan fingerprint density at radius 1 is 1.50 bits per heavy atom. The summed E-state index contributed by atoms with van der Waals surface area (Å²) in [4.78, 5) is 0. The number of ether oxygens (including phenoxy) is 1. The summed E-state index contributed by atoms with van der Waals surface area (Å²) in [6, 6.07) is 0.388. The van der Waals surface area contributed by atoms with E-state index in [-0.39, 0.29) is 5.60 Å². The van der Waals surface area contributed by atoms with E-state index in [0.29, 0.717) is 6.04 Å². The van der Waals surface area contributed by atoms with Gasteiger partial charge in [0.2, 0.25) is 0 Å². The molecule has 0 aliphatic heterocycles. The Morgan fingerprint density at radius 2 is 2.07 bits per heavy atom. The first-order valence-corrected chi connectivity index (χ1v) is 5.39. The molecule has 0 spiro atoms. The molecule has 1 atom stereocenters. The first-order valence-electron chi connectivity index (χ1n) is 5.39. The molecule has 0 heterocycles. The van der Waals surface area contributed by atoms with Gasteiger partial charge in [0.05, 0.1) is 5.60 Å². The van der Waals surface area contributed by atoms with Crippen molar-refractivity contribution in [2.45, 2.75) is 52.2 Å². The van der Waals surface area contributed by atoms with Crippen LogP contribution in [0.1, 0.15) is 40.5 Å². The van der Waals surface area contributed by atoms with Crippen molar-refractivity contribution in [1.29, 1.82) is 0 Å². The fourth-order valence-corrected chi connectivity index (χ4v) is 1.70. The fraction of sp³-hybridized carbons (Fsp3) is 0.833. The van der Waals surface area contributed by atoms with E-state index in [0.717, 1.165) is 19.4 Å². The van der Waals surface area contributed by atoms with Crippen LogP contribution in [0.5, 0.6) is 0 Å². The minimum atomic E-state index is -0.0983. The standard InChI is InChI=1S/C12H25NO/c1-7-14-12(4,5)11(13-6)9-8-10(2)3/h11,13H,2,7-9H2,1,3-6H3. The van der Waals surface area contributed by atoms with Crippen LogP contribution in [0.15, 0.2) is 12.2 Å². The molecule has 0 amide bonds. The normalized spacial score (nSPS) is 14.1. The van der Waals surface area contributed by atoms with Crippen LogP contribution in [0.4, 0.5) is 0 Å². The van der Waals surface area contributed by atoms with Gasteiger partial charge in [0, 0.05) is 12.6 Å². The third kappa shape index (κ3) is 4.77. The van der Waals surface area contributed by atoms with Gasteiger partial charge in [0.1, 0.15) is 0 Å². The lowest BCUT2D eigenvalue weighted by atomic mass is 9.93. The highest BCUT2D eigenvalue weighted by atomic mass is 16.5. The van der Waals surface area contributed by atoms with Crippen molar-refractivity contribution < 1.29 is 4.74 Å². The van der Waals surface area contributed by atoms with Gasteiger partial charge in [-0.25, -0.2) is 0 Å².